The Hall–Kier alpha value is -4.09. The van der Waals surface area contributed by atoms with Crippen molar-refractivity contribution in [1.82, 2.24) is 9.88 Å². The van der Waals surface area contributed by atoms with E-state index in [9.17, 15) is 27.2 Å². The monoisotopic (exact) mass is 496 g/mol. The SMILES string of the molecule is COC(=O)N(CC(=O)O)Cc1cc(OCc2nc(-c3ccc(C(F)(F)F)cc3)oc2C)ccc1F. The number of hydrogen-bond donors (Lipinski definition) is 1. The average molecular weight is 496 g/mol. The number of alkyl halides is 3. The van der Waals surface area contributed by atoms with E-state index < -0.39 is 36.2 Å². The summed E-state index contributed by atoms with van der Waals surface area (Å²) in [6, 6.07) is 8.08. The van der Waals surface area contributed by atoms with E-state index in [0.29, 0.717) is 17.0 Å². The fourth-order valence-corrected chi connectivity index (χ4v) is 3.08. The molecule has 0 aliphatic heterocycles. The van der Waals surface area contributed by atoms with Gasteiger partial charge in [0.15, 0.2) is 0 Å². The lowest BCUT2D eigenvalue weighted by Gasteiger charge is -2.19. The van der Waals surface area contributed by atoms with Crippen molar-refractivity contribution in [2.75, 3.05) is 13.7 Å². The number of aryl methyl sites for hydroxylation is 1. The second kappa shape index (κ2) is 10.5. The van der Waals surface area contributed by atoms with Crippen molar-refractivity contribution in [3.05, 3.63) is 70.9 Å². The molecule has 0 saturated heterocycles. The Morgan fingerprint density at radius 2 is 1.83 bits per heavy atom. The molecular weight excluding hydrogens is 476 g/mol. The molecule has 1 amide bonds. The summed E-state index contributed by atoms with van der Waals surface area (Å²) in [5.41, 5.74) is -0.0867. The minimum Gasteiger partial charge on any atom is -0.487 e. The molecule has 1 heterocycles. The van der Waals surface area contributed by atoms with Crippen molar-refractivity contribution in [2.45, 2.75) is 26.3 Å². The van der Waals surface area contributed by atoms with Gasteiger partial charge in [0.2, 0.25) is 5.89 Å². The lowest BCUT2D eigenvalue weighted by atomic mass is 10.1. The Morgan fingerprint density at radius 1 is 1.14 bits per heavy atom. The summed E-state index contributed by atoms with van der Waals surface area (Å²) in [6.45, 7) is 0.442. The van der Waals surface area contributed by atoms with Crippen LogP contribution in [0.25, 0.3) is 11.5 Å². The van der Waals surface area contributed by atoms with Crippen LogP contribution < -0.4 is 4.74 Å². The van der Waals surface area contributed by atoms with Crippen molar-refractivity contribution in [3.8, 4) is 17.2 Å². The highest BCUT2D eigenvalue weighted by molar-refractivity contribution is 5.76. The number of aliphatic carboxylic acids is 1. The van der Waals surface area contributed by atoms with E-state index in [-0.39, 0.29) is 30.4 Å². The first-order chi connectivity index (χ1) is 16.5. The molecule has 1 N–H and O–H groups in total. The maximum atomic E-state index is 14.3. The summed E-state index contributed by atoms with van der Waals surface area (Å²) in [5.74, 6) is -1.29. The number of carboxylic acid groups (broad SMARTS) is 1. The summed E-state index contributed by atoms with van der Waals surface area (Å²) < 4.78 is 68.3. The first kappa shape index (κ1) is 25.5. The van der Waals surface area contributed by atoms with Crippen LogP contribution in [0.4, 0.5) is 22.4 Å². The van der Waals surface area contributed by atoms with E-state index in [2.05, 4.69) is 9.72 Å². The van der Waals surface area contributed by atoms with Crippen LogP contribution in [0.15, 0.2) is 46.9 Å². The second-order valence-corrected chi connectivity index (χ2v) is 7.36. The molecule has 3 rings (SSSR count). The predicted octanol–water partition coefficient (Wildman–Crippen LogP) is 5.04. The lowest BCUT2D eigenvalue weighted by molar-refractivity contribution is -0.138. The number of methoxy groups -OCH3 is 1. The quantitative estimate of drug-likeness (QED) is 0.436. The van der Waals surface area contributed by atoms with Gasteiger partial charge < -0.3 is 19.0 Å². The summed E-state index contributed by atoms with van der Waals surface area (Å²) in [6.07, 6.45) is -5.40. The summed E-state index contributed by atoms with van der Waals surface area (Å²) in [7, 11) is 1.08. The van der Waals surface area contributed by atoms with E-state index in [1.54, 1.807) is 6.92 Å². The van der Waals surface area contributed by atoms with E-state index in [4.69, 9.17) is 14.3 Å². The smallest absolute Gasteiger partial charge is 0.416 e. The standard InChI is InChI=1S/C23H20F4N2O6/c1-13-19(28-21(35-13)14-3-5-16(6-4-14)23(25,26)27)12-34-17-7-8-18(24)15(9-17)10-29(11-20(30)31)22(32)33-2/h3-9H,10-12H2,1-2H3,(H,30,31). The van der Waals surface area contributed by atoms with Gasteiger partial charge in [0.25, 0.3) is 0 Å². The lowest BCUT2D eigenvalue weighted by Crippen LogP contribution is -2.35. The zero-order valence-corrected chi connectivity index (χ0v) is 18.6. The van der Waals surface area contributed by atoms with Crippen LogP contribution in [0.2, 0.25) is 0 Å². The number of hydrogen-bond acceptors (Lipinski definition) is 6. The number of halogens is 4. The van der Waals surface area contributed by atoms with Crippen molar-refractivity contribution in [3.63, 3.8) is 0 Å². The van der Waals surface area contributed by atoms with Gasteiger partial charge >= 0.3 is 18.2 Å². The fraction of sp³-hybridized carbons (Fsp3) is 0.261. The van der Waals surface area contributed by atoms with E-state index in [1.807, 2.05) is 0 Å². The van der Waals surface area contributed by atoms with Crippen LogP contribution in [-0.4, -0.2) is 40.7 Å². The third kappa shape index (κ3) is 6.49. The second-order valence-electron chi connectivity index (χ2n) is 7.36. The number of carbonyl (C=O) groups excluding carboxylic acids is 1. The van der Waals surface area contributed by atoms with Gasteiger partial charge in [-0.25, -0.2) is 14.2 Å². The molecular formula is C23H20F4N2O6. The zero-order valence-electron chi connectivity index (χ0n) is 18.6. The molecule has 8 nitrogen and oxygen atoms in total. The number of carbonyl (C=O) groups is 2. The number of carboxylic acids is 1. The molecule has 35 heavy (non-hydrogen) atoms. The molecule has 2 aromatic carbocycles. The minimum absolute atomic E-state index is 0.00327. The van der Waals surface area contributed by atoms with Crippen LogP contribution >= 0.6 is 0 Å². The summed E-state index contributed by atoms with van der Waals surface area (Å²) in [4.78, 5) is 27.9. The van der Waals surface area contributed by atoms with E-state index >= 15 is 0 Å². The third-order valence-corrected chi connectivity index (χ3v) is 4.86. The highest BCUT2D eigenvalue weighted by Gasteiger charge is 2.30. The maximum Gasteiger partial charge on any atom is 0.416 e. The first-order valence-corrected chi connectivity index (χ1v) is 10.1. The largest absolute Gasteiger partial charge is 0.487 e. The molecule has 186 valence electrons. The molecule has 1 aromatic heterocycles. The molecule has 0 aliphatic carbocycles. The number of rotatable bonds is 8. The number of benzene rings is 2. The molecule has 0 atom stereocenters. The summed E-state index contributed by atoms with van der Waals surface area (Å²) in [5, 5.41) is 8.97. The summed E-state index contributed by atoms with van der Waals surface area (Å²) >= 11 is 0. The Labute approximate surface area is 196 Å². The zero-order chi connectivity index (χ0) is 25.8. The molecule has 12 heteroatoms. The van der Waals surface area contributed by atoms with Gasteiger partial charge in [0.1, 0.15) is 36.2 Å². The van der Waals surface area contributed by atoms with Crippen LogP contribution in [-0.2, 0) is 28.9 Å². The molecule has 0 saturated carbocycles. The number of amides is 1. The number of ether oxygens (including phenoxy) is 2. The molecule has 0 fully saturated rings. The molecule has 0 spiro atoms. The van der Waals surface area contributed by atoms with Crippen LogP contribution in [0.1, 0.15) is 22.6 Å². The molecule has 0 radical (unpaired) electrons. The predicted molar refractivity (Wildman–Crippen MR) is 113 cm³/mol. The molecule has 0 bridgehead atoms. The van der Waals surface area contributed by atoms with Crippen LogP contribution in [0, 0.1) is 12.7 Å². The van der Waals surface area contributed by atoms with Crippen molar-refractivity contribution >= 4 is 12.1 Å². The van der Waals surface area contributed by atoms with E-state index in [1.165, 1.54) is 24.3 Å². The van der Waals surface area contributed by atoms with E-state index in [0.717, 1.165) is 30.2 Å². The van der Waals surface area contributed by atoms with Crippen molar-refractivity contribution < 1.29 is 46.1 Å². The Kier molecular flexibility index (Phi) is 7.62. The van der Waals surface area contributed by atoms with Gasteiger partial charge in [-0.2, -0.15) is 13.2 Å². The molecule has 3 aromatic rings. The first-order valence-electron chi connectivity index (χ1n) is 10.1. The third-order valence-electron chi connectivity index (χ3n) is 4.86. The highest BCUT2D eigenvalue weighted by atomic mass is 19.4. The van der Waals surface area contributed by atoms with Gasteiger partial charge in [-0.05, 0) is 49.4 Å². The normalized spacial score (nSPS) is 11.3. The van der Waals surface area contributed by atoms with Gasteiger partial charge in [0.05, 0.1) is 19.2 Å². The van der Waals surface area contributed by atoms with Crippen molar-refractivity contribution in [1.29, 1.82) is 0 Å². The Bertz CT molecular complexity index is 1210. The van der Waals surface area contributed by atoms with Crippen LogP contribution in [0.5, 0.6) is 5.75 Å². The Morgan fingerprint density at radius 3 is 2.43 bits per heavy atom. The van der Waals surface area contributed by atoms with Gasteiger partial charge in [0, 0.05) is 11.1 Å². The molecule has 0 unspecified atom stereocenters. The van der Waals surface area contributed by atoms with Gasteiger partial charge in [-0.3, -0.25) is 9.69 Å². The number of aromatic nitrogens is 1. The fourth-order valence-electron chi connectivity index (χ4n) is 3.08. The number of oxazole rings is 1. The highest BCUT2D eigenvalue weighted by Crippen LogP contribution is 2.31. The van der Waals surface area contributed by atoms with Gasteiger partial charge in [-0.1, -0.05) is 0 Å². The minimum atomic E-state index is -4.46. The van der Waals surface area contributed by atoms with Crippen LogP contribution in [0.3, 0.4) is 0 Å². The number of nitrogens with zero attached hydrogens (tertiary/aromatic N) is 2. The topological polar surface area (TPSA) is 102 Å². The van der Waals surface area contributed by atoms with Gasteiger partial charge in [-0.15, -0.1) is 0 Å². The van der Waals surface area contributed by atoms with Crippen molar-refractivity contribution in [2.24, 2.45) is 0 Å². The average Bonchev–Trinajstić information content (AvgIpc) is 3.18. The molecule has 0 aliphatic rings. The Balaban J connectivity index is 1.73. The maximum absolute atomic E-state index is 14.3.